The van der Waals surface area contributed by atoms with Crippen molar-refractivity contribution in [2.75, 3.05) is 26.3 Å². The first-order chi connectivity index (χ1) is 12.2. The summed E-state index contributed by atoms with van der Waals surface area (Å²) in [5.74, 6) is 0.551. The number of halogens is 1. The summed E-state index contributed by atoms with van der Waals surface area (Å²) in [7, 11) is 0. The highest BCUT2D eigenvalue weighted by Gasteiger charge is 2.12. The molecule has 2 heterocycles. The van der Waals surface area contributed by atoms with E-state index in [1.54, 1.807) is 18.2 Å². The van der Waals surface area contributed by atoms with Crippen molar-refractivity contribution >= 4 is 22.6 Å². The third kappa shape index (κ3) is 3.61. The molecule has 25 heavy (non-hydrogen) atoms. The quantitative estimate of drug-likeness (QED) is 0.713. The molecule has 1 aliphatic rings. The summed E-state index contributed by atoms with van der Waals surface area (Å²) in [6, 6.07) is 14.6. The van der Waals surface area contributed by atoms with Gasteiger partial charge in [0.2, 0.25) is 0 Å². The standard InChI is InChI=1S/C20H18ClNO3/c21-16-4-2-15(3-5-16)20-12-18(23)17-11-14(1-6-19(17)25-20)13-22-7-9-24-10-8-22/h1-6,11-12H,7-10,13H2. The molecule has 5 heteroatoms. The van der Waals surface area contributed by atoms with E-state index in [1.807, 2.05) is 30.3 Å². The molecular formula is C20H18ClNO3. The van der Waals surface area contributed by atoms with Crippen LogP contribution in [-0.4, -0.2) is 31.2 Å². The molecule has 4 rings (SSSR count). The minimum Gasteiger partial charge on any atom is -0.456 e. The van der Waals surface area contributed by atoms with Crippen LogP contribution in [0, 0.1) is 0 Å². The van der Waals surface area contributed by atoms with Crippen molar-refractivity contribution in [2.45, 2.75) is 6.54 Å². The Morgan fingerprint density at radius 1 is 1.00 bits per heavy atom. The van der Waals surface area contributed by atoms with Crippen LogP contribution < -0.4 is 5.43 Å². The molecule has 1 aliphatic heterocycles. The fraction of sp³-hybridized carbons (Fsp3) is 0.250. The third-order valence-corrected chi connectivity index (χ3v) is 4.68. The minimum absolute atomic E-state index is 0.0324. The average molecular weight is 356 g/mol. The molecule has 0 unspecified atom stereocenters. The molecule has 4 nitrogen and oxygen atoms in total. The molecule has 128 valence electrons. The van der Waals surface area contributed by atoms with Crippen LogP contribution in [0.5, 0.6) is 0 Å². The first-order valence-electron chi connectivity index (χ1n) is 8.32. The lowest BCUT2D eigenvalue weighted by molar-refractivity contribution is 0.0342. The molecular weight excluding hydrogens is 338 g/mol. The molecule has 0 saturated carbocycles. The van der Waals surface area contributed by atoms with Gasteiger partial charge in [-0.2, -0.15) is 0 Å². The van der Waals surface area contributed by atoms with E-state index in [-0.39, 0.29) is 5.43 Å². The van der Waals surface area contributed by atoms with Gasteiger partial charge in [-0.3, -0.25) is 9.69 Å². The molecule has 0 bridgehead atoms. The van der Waals surface area contributed by atoms with Crippen LogP contribution in [-0.2, 0) is 11.3 Å². The largest absolute Gasteiger partial charge is 0.456 e. The van der Waals surface area contributed by atoms with Crippen LogP contribution in [0.25, 0.3) is 22.3 Å². The van der Waals surface area contributed by atoms with Gasteiger partial charge in [-0.1, -0.05) is 17.7 Å². The lowest BCUT2D eigenvalue weighted by atomic mass is 10.1. The molecule has 1 saturated heterocycles. The van der Waals surface area contributed by atoms with Crippen molar-refractivity contribution in [3.05, 3.63) is 69.3 Å². The number of benzene rings is 2. The van der Waals surface area contributed by atoms with E-state index in [0.29, 0.717) is 21.8 Å². The molecule has 2 aromatic carbocycles. The van der Waals surface area contributed by atoms with Gasteiger partial charge in [-0.15, -0.1) is 0 Å². The molecule has 3 aromatic rings. The summed E-state index contributed by atoms with van der Waals surface area (Å²) in [5.41, 5.74) is 2.51. The van der Waals surface area contributed by atoms with E-state index < -0.39 is 0 Å². The number of rotatable bonds is 3. The summed E-state index contributed by atoms with van der Waals surface area (Å²) < 4.78 is 11.3. The summed E-state index contributed by atoms with van der Waals surface area (Å²) >= 11 is 5.92. The maximum Gasteiger partial charge on any atom is 0.193 e. The summed E-state index contributed by atoms with van der Waals surface area (Å²) in [6.45, 7) is 4.18. The topological polar surface area (TPSA) is 42.7 Å². The molecule has 0 N–H and O–H groups in total. The zero-order chi connectivity index (χ0) is 17.2. The number of nitrogens with zero attached hydrogens (tertiary/aromatic N) is 1. The summed E-state index contributed by atoms with van der Waals surface area (Å²) in [5, 5.41) is 1.27. The Kier molecular flexibility index (Phi) is 4.57. The highest BCUT2D eigenvalue weighted by molar-refractivity contribution is 6.30. The van der Waals surface area contributed by atoms with Gasteiger partial charge in [-0.25, -0.2) is 0 Å². The van der Waals surface area contributed by atoms with Crippen LogP contribution in [0.1, 0.15) is 5.56 Å². The first-order valence-corrected chi connectivity index (χ1v) is 8.70. The Morgan fingerprint density at radius 3 is 2.52 bits per heavy atom. The van der Waals surface area contributed by atoms with Crippen molar-refractivity contribution in [1.29, 1.82) is 0 Å². The number of hydrogen-bond acceptors (Lipinski definition) is 4. The molecule has 0 radical (unpaired) electrons. The average Bonchev–Trinajstić information content (AvgIpc) is 2.63. The monoisotopic (exact) mass is 355 g/mol. The number of ether oxygens (including phenoxy) is 1. The zero-order valence-electron chi connectivity index (χ0n) is 13.7. The first kappa shape index (κ1) is 16.3. The number of hydrogen-bond donors (Lipinski definition) is 0. The zero-order valence-corrected chi connectivity index (χ0v) is 14.5. The second-order valence-corrected chi connectivity index (χ2v) is 6.64. The Balaban J connectivity index is 1.67. The summed E-state index contributed by atoms with van der Waals surface area (Å²) in [4.78, 5) is 14.9. The smallest absolute Gasteiger partial charge is 0.193 e. The second-order valence-electron chi connectivity index (χ2n) is 6.20. The number of morpholine rings is 1. The van der Waals surface area contributed by atoms with Crippen molar-refractivity contribution < 1.29 is 9.15 Å². The van der Waals surface area contributed by atoms with Gasteiger partial charge < -0.3 is 9.15 Å². The Hall–Kier alpha value is -2.14. The van der Waals surface area contributed by atoms with Gasteiger partial charge in [0, 0.05) is 36.3 Å². The highest BCUT2D eigenvalue weighted by atomic mass is 35.5. The van der Waals surface area contributed by atoms with Crippen LogP contribution in [0.3, 0.4) is 0 Å². The molecule has 0 amide bonds. The minimum atomic E-state index is -0.0324. The second kappa shape index (κ2) is 7.00. The highest BCUT2D eigenvalue weighted by Crippen LogP contribution is 2.24. The number of fused-ring (bicyclic) bond motifs is 1. The van der Waals surface area contributed by atoms with E-state index in [4.69, 9.17) is 20.8 Å². The molecule has 0 atom stereocenters. The van der Waals surface area contributed by atoms with Crippen molar-refractivity contribution in [2.24, 2.45) is 0 Å². The van der Waals surface area contributed by atoms with Crippen molar-refractivity contribution in [3.63, 3.8) is 0 Å². The van der Waals surface area contributed by atoms with Crippen molar-refractivity contribution in [1.82, 2.24) is 4.90 Å². The Morgan fingerprint density at radius 2 is 1.76 bits per heavy atom. The lowest BCUT2D eigenvalue weighted by Crippen LogP contribution is -2.35. The summed E-state index contributed by atoms with van der Waals surface area (Å²) in [6.07, 6.45) is 0. The third-order valence-electron chi connectivity index (χ3n) is 4.43. The van der Waals surface area contributed by atoms with Crippen molar-refractivity contribution in [3.8, 4) is 11.3 Å². The van der Waals surface area contributed by atoms with E-state index in [0.717, 1.165) is 44.0 Å². The van der Waals surface area contributed by atoms with Crippen LogP contribution in [0.15, 0.2) is 57.7 Å². The lowest BCUT2D eigenvalue weighted by Gasteiger charge is -2.26. The van der Waals surface area contributed by atoms with Gasteiger partial charge in [0.15, 0.2) is 5.43 Å². The van der Waals surface area contributed by atoms with E-state index in [9.17, 15) is 4.79 Å². The van der Waals surface area contributed by atoms with E-state index in [1.165, 1.54) is 0 Å². The van der Waals surface area contributed by atoms with Gasteiger partial charge in [0.05, 0.1) is 18.6 Å². The van der Waals surface area contributed by atoms with Crippen LogP contribution in [0.2, 0.25) is 5.02 Å². The van der Waals surface area contributed by atoms with Gasteiger partial charge in [0.25, 0.3) is 0 Å². The maximum absolute atomic E-state index is 12.6. The predicted octanol–water partition coefficient (Wildman–Crippen LogP) is 3.95. The fourth-order valence-electron chi connectivity index (χ4n) is 3.08. The van der Waals surface area contributed by atoms with E-state index in [2.05, 4.69) is 4.90 Å². The van der Waals surface area contributed by atoms with Crippen LogP contribution >= 0.6 is 11.6 Å². The Labute approximate surface area is 150 Å². The SMILES string of the molecule is O=c1cc(-c2ccc(Cl)cc2)oc2ccc(CN3CCOCC3)cc12. The Bertz CT molecular complexity index is 943. The predicted molar refractivity (Wildman–Crippen MR) is 99.0 cm³/mol. The molecule has 0 aliphatic carbocycles. The van der Waals surface area contributed by atoms with E-state index >= 15 is 0 Å². The fourth-order valence-corrected chi connectivity index (χ4v) is 3.20. The molecule has 1 fully saturated rings. The normalized spacial score (nSPS) is 15.6. The van der Waals surface area contributed by atoms with Gasteiger partial charge in [-0.05, 0) is 42.0 Å². The van der Waals surface area contributed by atoms with Gasteiger partial charge >= 0.3 is 0 Å². The maximum atomic E-state index is 12.6. The van der Waals surface area contributed by atoms with Gasteiger partial charge in [0.1, 0.15) is 11.3 Å². The molecule has 1 aromatic heterocycles. The molecule has 0 spiro atoms. The van der Waals surface area contributed by atoms with Crippen LogP contribution in [0.4, 0.5) is 0 Å².